The zero-order chi connectivity index (χ0) is 16.1. The Hall–Kier alpha value is -2.53. The molecule has 2 aromatic rings. The van der Waals surface area contributed by atoms with Gasteiger partial charge in [0.2, 0.25) is 0 Å². The van der Waals surface area contributed by atoms with Gasteiger partial charge in [0, 0.05) is 44.0 Å². The van der Waals surface area contributed by atoms with Crippen LogP contribution in [0.25, 0.3) is 0 Å². The molecule has 1 saturated heterocycles. The number of piperazine rings is 1. The number of hydrogen-bond donors (Lipinski definition) is 2. The smallest absolute Gasteiger partial charge is 0.170 e. The molecule has 0 atom stereocenters. The molecule has 3 rings (SSSR count). The van der Waals surface area contributed by atoms with E-state index in [9.17, 15) is 0 Å². The molecule has 1 aliphatic heterocycles. The summed E-state index contributed by atoms with van der Waals surface area (Å²) in [5.74, 6) is 0.143. The van der Waals surface area contributed by atoms with Crippen molar-refractivity contribution in [3.05, 3.63) is 65.7 Å². The molecule has 1 fully saturated rings. The standard InChI is InChI=1S/C18H22N4O/c19-18(20-23)16-6-8-17(9-7-16)22-12-10-21(11-13-22)14-15-4-2-1-3-5-15/h1-9,23H,10-14H2,(H2,19,20). The Labute approximate surface area is 136 Å². The van der Waals surface area contributed by atoms with Crippen LogP contribution in [0.5, 0.6) is 0 Å². The topological polar surface area (TPSA) is 65.1 Å². The van der Waals surface area contributed by atoms with Crippen LogP contribution < -0.4 is 10.6 Å². The molecule has 0 amide bonds. The van der Waals surface area contributed by atoms with E-state index in [1.54, 1.807) is 0 Å². The number of nitrogens with zero attached hydrogens (tertiary/aromatic N) is 3. The van der Waals surface area contributed by atoms with Crippen molar-refractivity contribution in [3.63, 3.8) is 0 Å². The third-order valence-corrected chi connectivity index (χ3v) is 4.26. The summed E-state index contributed by atoms with van der Waals surface area (Å²) in [6, 6.07) is 18.4. The number of nitrogens with two attached hydrogens (primary N) is 1. The Morgan fingerprint density at radius 2 is 1.61 bits per heavy atom. The van der Waals surface area contributed by atoms with Crippen molar-refractivity contribution >= 4 is 11.5 Å². The van der Waals surface area contributed by atoms with E-state index in [0.717, 1.165) is 38.3 Å². The van der Waals surface area contributed by atoms with Gasteiger partial charge in [0.25, 0.3) is 0 Å². The maximum absolute atomic E-state index is 8.70. The summed E-state index contributed by atoms with van der Waals surface area (Å²) in [6.07, 6.45) is 0. The van der Waals surface area contributed by atoms with Crippen LogP contribution in [0.2, 0.25) is 0 Å². The first-order valence-corrected chi connectivity index (χ1v) is 7.85. The highest BCUT2D eigenvalue weighted by Crippen LogP contribution is 2.18. The number of amidine groups is 1. The minimum atomic E-state index is 0.143. The molecule has 0 unspecified atom stereocenters. The Morgan fingerprint density at radius 3 is 2.22 bits per heavy atom. The predicted octanol–water partition coefficient (Wildman–Crippen LogP) is 2.10. The van der Waals surface area contributed by atoms with E-state index in [1.807, 2.05) is 24.3 Å². The van der Waals surface area contributed by atoms with Gasteiger partial charge >= 0.3 is 0 Å². The third kappa shape index (κ3) is 3.81. The van der Waals surface area contributed by atoms with Crippen molar-refractivity contribution in [2.24, 2.45) is 10.9 Å². The SMILES string of the molecule is N/C(=N\O)c1ccc(N2CCN(Cc3ccccc3)CC2)cc1. The molecule has 5 nitrogen and oxygen atoms in total. The summed E-state index contributed by atoms with van der Waals surface area (Å²) in [5, 5.41) is 11.7. The van der Waals surface area contributed by atoms with Gasteiger partial charge in [-0.2, -0.15) is 0 Å². The monoisotopic (exact) mass is 310 g/mol. The number of rotatable bonds is 4. The highest BCUT2D eigenvalue weighted by Gasteiger charge is 2.17. The molecule has 1 heterocycles. The van der Waals surface area contributed by atoms with E-state index >= 15 is 0 Å². The lowest BCUT2D eigenvalue weighted by Gasteiger charge is -2.36. The minimum Gasteiger partial charge on any atom is -0.409 e. The molecule has 3 N–H and O–H groups in total. The Kier molecular flexibility index (Phi) is 4.78. The molecule has 23 heavy (non-hydrogen) atoms. The molecule has 2 aromatic carbocycles. The summed E-state index contributed by atoms with van der Waals surface area (Å²) in [4.78, 5) is 4.86. The van der Waals surface area contributed by atoms with Crippen molar-refractivity contribution in [1.82, 2.24) is 4.90 Å². The first kappa shape index (κ1) is 15.4. The fourth-order valence-electron chi connectivity index (χ4n) is 2.91. The van der Waals surface area contributed by atoms with Crippen LogP contribution in [0.15, 0.2) is 59.8 Å². The van der Waals surface area contributed by atoms with Crippen LogP contribution in [0.1, 0.15) is 11.1 Å². The highest BCUT2D eigenvalue weighted by molar-refractivity contribution is 5.97. The summed E-state index contributed by atoms with van der Waals surface area (Å²) >= 11 is 0. The van der Waals surface area contributed by atoms with E-state index in [4.69, 9.17) is 10.9 Å². The van der Waals surface area contributed by atoms with Crippen LogP contribution in [-0.4, -0.2) is 42.1 Å². The van der Waals surface area contributed by atoms with Gasteiger partial charge in [0.15, 0.2) is 5.84 Å². The number of oxime groups is 1. The fourth-order valence-corrected chi connectivity index (χ4v) is 2.91. The normalized spacial score (nSPS) is 16.5. The van der Waals surface area contributed by atoms with Crippen LogP contribution in [-0.2, 0) is 6.54 Å². The zero-order valence-corrected chi connectivity index (χ0v) is 13.1. The van der Waals surface area contributed by atoms with Crippen molar-refractivity contribution in [3.8, 4) is 0 Å². The van der Waals surface area contributed by atoms with Crippen LogP contribution in [0, 0.1) is 0 Å². The van der Waals surface area contributed by atoms with E-state index < -0.39 is 0 Å². The van der Waals surface area contributed by atoms with Crippen LogP contribution in [0.3, 0.4) is 0 Å². The van der Waals surface area contributed by atoms with Crippen molar-refractivity contribution in [1.29, 1.82) is 0 Å². The Balaban J connectivity index is 1.56. The summed E-state index contributed by atoms with van der Waals surface area (Å²) < 4.78 is 0. The van der Waals surface area contributed by atoms with Gasteiger partial charge < -0.3 is 15.8 Å². The van der Waals surface area contributed by atoms with Gasteiger partial charge in [0.1, 0.15) is 0 Å². The van der Waals surface area contributed by atoms with Crippen molar-refractivity contribution < 1.29 is 5.21 Å². The molecular weight excluding hydrogens is 288 g/mol. The summed E-state index contributed by atoms with van der Waals surface area (Å²) in [5.41, 5.74) is 8.87. The summed E-state index contributed by atoms with van der Waals surface area (Å²) in [6.45, 7) is 5.14. The lowest BCUT2D eigenvalue weighted by Crippen LogP contribution is -2.45. The molecule has 1 aliphatic rings. The Bertz CT molecular complexity index is 646. The molecule has 120 valence electrons. The van der Waals surface area contributed by atoms with Crippen LogP contribution in [0.4, 0.5) is 5.69 Å². The van der Waals surface area contributed by atoms with Crippen molar-refractivity contribution in [2.45, 2.75) is 6.54 Å². The summed E-state index contributed by atoms with van der Waals surface area (Å²) in [7, 11) is 0. The van der Waals surface area contributed by atoms with Gasteiger partial charge in [0.05, 0.1) is 0 Å². The molecule has 0 radical (unpaired) electrons. The molecule has 5 heteroatoms. The second kappa shape index (κ2) is 7.15. The van der Waals surface area contributed by atoms with Crippen molar-refractivity contribution in [2.75, 3.05) is 31.1 Å². The lowest BCUT2D eigenvalue weighted by atomic mass is 10.1. The van der Waals surface area contributed by atoms with E-state index in [-0.39, 0.29) is 5.84 Å². The Morgan fingerprint density at radius 1 is 0.957 bits per heavy atom. The highest BCUT2D eigenvalue weighted by atomic mass is 16.4. The lowest BCUT2D eigenvalue weighted by molar-refractivity contribution is 0.250. The first-order valence-electron chi connectivity index (χ1n) is 7.85. The number of benzene rings is 2. The van der Waals surface area contributed by atoms with E-state index in [1.165, 1.54) is 11.3 Å². The van der Waals surface area contributed by atoms with Gasteiger partial charge in [-0.05, 0) is 29.8 Å². The van der Waals surface area contributed by atoms with Gasteiger partial charge in [-0.1, -0.05) is 35.5 Å². The van der Waals surface area contributed by atoms with Gasteiger partial charge in [-0.3, -0.25) is 4.90 Å². The van der Waals surface area contributed by atoms with E-state index in [0.29, 0.717) is 0 Å². The molecule has 0 saturated carbocycles. The molecule has 0 spiro atoms. The number of anilines is 1. The second-order valence-electron chi connectivity index (χ2n) is 5.78. The van der Waals surface area contributed by atoms with Gasteiger partial charge in [-0.15, -0.1) is 0 Å². The quantitative estimate of drug-likeness (QED) is 0.393. The molecule has 0 bridgehead atoms. The molecular formula is C18H22N4O. The molecule has 0 aromatic heterocycles. The largest absolute Gasteiger partial charge is 0.409 e. The van der Waals surface area contributed by atoms with E-state index in [2.05, 4.69) is 45.3 Å². The average Bonchev–Trinajstić information content (AvgIpc) is 2.63. The maximum atomic E-state index is 8.70. The average molecular weight is 310 g/mol. The first-order chi connectivity index (χ1) is 11.3. The van der Waals surface area contributed by atoms with Gasteiger partial charge in [-0.25, -0.2) is 0 Å². The minimum absolute atomic E-state index is 0.143. The maximum Gasteiger partial charge on any atom is 0.170 e. The third-order valence-electron chi connectivity index (χ3n) is 4.26. The zero-order valence-electron chi connectivity index (χ0n) is 13.1. The predicted molar refractivity (Wildman–Crippen MR) is 92.9 cm³/mol. The second-order valence-corrected chi connectivity index (χ2v) is 5.78. The fraction of sp³-hybridized carbons (Fsp3) is 0.278. The number of hydrogen-bond acceptors (Lipinski definition) is 4. The van der Waals surface area contributed by atoms with Crippen LogP contribution >= 0.6 is 0 Å². The molecule has 0 aliphatic carbocycles.